The number of thioether (sulfide) groups is 1. The van der Waals surface area contributed by atoms with Crippen LogP contribution in [0.25, 0.3) is 0 Å². The number of β-lactam (4-membered cyclic amide) rings is 1. The molecule has 3 heterocycles. The number of fused-ring (bicyclic) bond motifs is 1. The monoisotopic (exact) mass is 608 g/mol. The highest BCUT2D eigenvalue weighted by molar-refractivity contribution is 8.00. The van der Waals surface area contributed by atoms with Gasteiger partial charge >= 0.3 is 5.97 Å². The van der Waals surface area contributed by atoms with E-state index < -0.39 is 28.8 Å². The van der Waals surface area contributed by atoms with Gasteiger partial charge < -0.3 is 15.7 Å². The molecule has 3 N–H and O–H groups in total. The molecule has 0 unspecified atom stereocenters. The summed E-state index contributed by atoms with van der Waals surface area (Å²) >= 11 is 2.81. The van der Waals surface area contributed by atoms with Gasteiger partial charge in [0, 0.05) is 11.1 Å². The second-order valence-corrected chi connectivity index (χ2v) is 12.1. The van der Waals surface area contributed by atoms with E-state index in [1.807, 2.05) is 60.0 Å². The Kier molecular flexibility index (Phi) is 7.88. The van der Waals surface area contributed by atoms with E-state index in [0.717, 1.165) is 16.7 Å². The van der Waals surface area contributed by atoms with Gasteiger partial charge in [0.2, 0.25) is 5.91 Å². The summed E-state index contributed by atoms with van der Waals surface area (Å²) < 4.78 is 0. The van der Waals surface area contributed by atoms with Gasteiger partial charge in [0.1, 0.15) is 22.7 Å². The molecule has 216 valence electrons. The van der Waals surface area contributed by atoms with Crippen molar-refractivity contribution in [2.75, 3.05) is 11.1 Å². The van der Waals surface area contributed by atoms with Gasteiger partial charge in [-0.3, -0.25) is 14.5 Å². The molecule has 10 heteroatoms. The fourth-order valence-corrected chi connectivity index (χ4v) is 7.68. The molecule has 3 aromatic carbocycles. The van der Waals surface area contributed by atoms with Crippen molar-refractivity contribution in [3.8, 4) is 0 Å². The number of thiazole rings is 1. The van der Waals surface area contributed by atoms with Gasteiger partial charge in [-0.15, -0.1) is 23.1 Å². The van der Waals surface area contributed by atoms with E-state index in [0.29, 0.717) is 22.2 Å². The van der Waals surface area contributed by atoms with Gasteiger partial charge in [0.25, 0.3) is 5.91 Å². The molecule has 2 amide bonds. The Bertz CT molecular complexity index is 1610. The zero-order valence-electron chi connectivity index (χ0n) is 23.0. The predicted molar refractivity (Wildman–Crippen MR) is 169 cm³/mol. The van der Waals surface area contributed by atoms with Crippen LogP contribution in [-0.2, 0) is 26.3 Å². The summed E-state index contributed by atoms with van der Waals surface area (Å²) in [5.41, 5.74) is 3.35. The molecular weight excluding hydrogens is 581 g/mol. The standard InChI is InChI=1S/C33H28N4O4S2/c1-2-21-19-42-30-27(29(39)37(30)28(21)31(40)41)35-26(38)18-25-20-43-32(34-25)36-33(22-12-6-3-7-13-22,23-14-8-4-9-15-23)24-16-10-5-11-17-24/h2-17,20,27,30H,1,18-19H2,(H,34,36)(H,35,38)(H,40,41)/t27-,30-/m1/s1. The number of aromatic nitrogens is 1. The number of aliphatic carboxylic acids is 1. The van der Waals surface area contributed by atoms with E-state index in [1.54, 1.807) is 0 Å². The zero-order chi connectivity index (χ0) is 30.0. The first-order chi connectivity index (χ1) is 20.9. The van der Waals surface area contributed by atoms with Crippen LogP contribution in [0.5, 0.6) is 0 Å². The number of hydrogen-bond donors (Lipinski definition) is 3. The SMILES string of the molecule is C=CC1=C(C(=O)O)N2C(=O)[C@@H](NC(=O)Cc3csc(NC(c4ccccc4)(c4ccccc4)c4ccccc4)n3)[C@H]2SC1. The van der Waals surface area contributed by atoms with E-state index in [1.165, 1.54) is 34.1 Å². The molecule has 1 fully saturated rings. The smallest absolute Gasteiger partial charge is 0.352 e. The molecular formula is C33H28N4O4S2. The summed E-state index contributed by atoms with van der Waals surface area (Å²) in [6, 6.07) is 29.7. The molecule has 6 rings (SSSR count). The van der Waals surface area contributed by atoms with Crippen LogP contribution < -0.4 is 10.6 Å². The normalized spacial score (nSPS) is 18.0. The highest BCUT2D eigenvalue weighted by atomic mass is 32.2. The van der Waals surface area contributed by atoms with Crippen LogP contribution in [0.1, 0.15) is 22.4 Å². The van der Waals surface area contributed by atoms with Crippen LogP contribution in [0.4, 0.5) is 5.13 Å². The molecule has 2 atom stereocenters. The maximum Gasteiger partial charge on any atom is 0.352 e. The first-order valence-corrected chi connectivity index (χ1v) is 15.6. The number of carbonyl (C=O) groups excluding carboxylic acids is 2. The van der Waals surface area contributed by atoms with Crippen molar-refractivity contribution in [2.24, 2.45) is 0 Å². The minimum atomic E-state index is -1.18. The van der Waals surface area contributed by atoms with Crippen LogP contribution in [0.2, 0.25) is 0 Å². The van der Waals surface area contributed by atoms with Crippen molar-refractivity contribution in [3.63, 3.8) is 0 Å². The number of nitrogens with zero attached hydrogens (tertiary/aromatic N) is 2. The second kappa shape index (κ2) is 11.9. The third-order valence-electron chi connectivity index (χ3n) is 7.57. The predicted octanol–water partition coefficient (Wildman–Crippen LogP) is 5.01. The van der Waals surface area contributed by atoms with Crippen molar-refractivity contribution in [1.82, 2.24) is 15.2 Å². The van der Waals surface area contributed by atoms with Gasteiger partial charge in [0.05, 0.1) is 12.1 Å². The Morgan fingerprint density at radius 2 is 1.53 bits per heavy atom. The number of nitrogens with one attached hydrogen (secondary N) is 2. The number of anilines is 1. The molecule has 1 aromatic heterocycles. The Morgan fingerprint density at radius 3 is 2.05 bits per heavy atom. The lowest BCUT2D eigenvalue weighted by Crippen LogP contribution is -2.70. The van der Waals surface area contributed by atoms with E-state index in [-0.39, 0.29) is 18.0 Å². The average molecular weight is 609 g/mol. The minimum absolute atomic E-state index is 0.0199. The second-order valence-electron chi connectivity index (χ2n) is 10.1. The summed E-state index contributed by atoms with van der Waals surface area (Å²) in [4.78, 5) is 43.7. The van der Waals surface area contributed by atoms with Crippen LogP contribution >= 0.6 is 23.1 Å². The number of hydrogen-bond acceptors (Lipinski definition) is 7. The van der Waals surface area contributed by atoms with Crippen molar-refractivity contribution < 1.29 is 19.5 Å². The van der Waals surface area contributed by atoms with Crippen LogP contribution in [-0.4, -0.2) is 49.9 Å². The summed E-state index contributed by atoms with van der Waals surface area (Å²) in [5.74, 6) is -1.58. The molecule has 2 aliphatic rings. The summed E-state index contributed by atoms with van der Waals surface area (Å²) in [7, 11) is 0. The highest BCUT2D eigenvalue weighted by Gasteiger charge is 2.53. The number of carbonyl (C=O) groups is 3. The van der Waals surface area contributed by atoms with Crippen molar-refractivity contribution in [1.29, 1.82) is 0 Å². The summed E-state index contributed by atoms with van der Waals surface area (Å²) in [6.45, 7) is 3.66. The van der Waals surface area contributed by atoms with Gasteiger partial charge in [0.15, 0.2) is 5.13 Å². The van der Waals surface area contributed by atoms with Gasteiger partial charge in [-0.25, -0.2) is 9.78 Å². The Balaban J connectivity index is 1.23. The highest BCUT2D eigenvalue weighted by Crippen LogP contribution is 2.42. The fraction of sp³-hybridized carbons (Fsp3) is 0.152. The number of allylic oxidation sites excluding steroid dienone is 1. The lowest BCUT2D eigenvalue weighted by molar-refractivity contribution is -0.150. The first kappa shape index (κ1) is 28.4. The van der Waals surface area contributed by atoms with Crippen molar-refractivity contribution >= 4 is 46.0 Å². The number of rotatable bonds is 10. The van der Waals surface area contributed by atoms with E-state index in [9.17, 15) is 19.5 Å². The first-order valence-electron chi connectivity index (χ1n) is 13.6. The van der Waals surface area contributed by atoms with Crippen molar-refractivity contribution in [2.45, 2.75) is 23.4 Å². The lowest BCUT2D eigenvalue weighted by atomic mass is 9.77. The molecule has 43 heavy (non-hydrogen) atoms. The van der Waals surface area contributed by atoms with Crippen molar-refractivity contribution in [3.05, 3.63) is 143 Å². The Morgan fingerprint density at radius 1 is 0.977 bits per heavy atom. The van der Waals surface area contributed by atoms with Crippen LogP contribution in [0.15, 0.2) is 120 Å². The quantitative estimate of drug-likeness (QED) is 0.171. The molecule has 2 aliphatic heterocycles. The topological polar surface area (TPSA) is 112 Å². The largest absolute Gasteiger partial charge is 0.477 e. The van der Waals surface area contributed by atoms with E-state index >= 15 is 0 Å². The number of carboxylic acid groups (broad SMARTS) is 1. The number of benzene rings is 3. The van der Waals surface area contributed by atoms with Crippen LogP contribution in [0, 0.1) is 0 Å². The fourth-order valence-electron chi connectivity index (χ4n) is 5.58. The zero-order valence-corrected chi connectivity index (χ0v) is 24.6. The van der Waals surface area contributed by atoms with Gasteiger partial charge in [-0.05, 0) is 22.3 Å². The van der Waals surface area contributed by atoms with Crippen LogP contribution in [0.3, 0.4) is 0 Å². The molecule has 4 aromatic rings. The molecule has 0 saturated carbocycles. The van der Waals surface area contributed by atoms with E-state index in [2.05, 4.69) is 53.6 Å². The molecule has 1 saturated heterocycles. The van der Waals surface area contributed by atoms with Gasteiger partial charge in [-0.1, -0.05) is 104 Å². The van der Waals surface area contributed by atoms with E-state index in [4.69, 9.17) is 4.98 Å². The number of carboxylic acids is 1. The third-order valence-corrected chi connectivity index (χ3v) is 9.68. The lowest BCUT2D eigenvalue weighted by Gasteiger charge is -2.49. The average Bonchev–Trinajstić information content (AvgIpc) is 3.49. The minimum Gasteiger partial charge on any atom is -0.477 e. The Hall–Kier alpha value is -4.67. The summed E-state index contributed by atoms with van der Waals surface area (Å²) in [6.07, 6.45) is 1.44. The number of amides is 2. The Labute approximate surface area is 257 Å². The molecule has 0 bridgehead atoms. The summed E-state index contributed by atoms with van der Waals surface area (Å²) in [5, 5.41) is 18.1. The third kappa shape index (κ3) is 5.24. The maximum absolute atomic E-state index is 13.0. The maximum atomic E-state index is 13.0. The molecule has 0 radical (unpaired) electrons. The van der Waals surface area contributed by atoms with Gasteiger partial charge in [-0.2, -0.15) is 0 Å². The molecule has 0 aliphatic carbocycles. The molecule has 0 spiro atoms. The molecule has 8 nitrogen and oxygen atoms in total.